The third kappa shape index (κ3) is 8.02. The van der Waals surface area contributed by atoms with Gasteiger partial charge in [-0.1, -0.05) is 26.3 Å². The number of pyridine rings is 1. The maximum Gasteiger partial charge on any atom is 0.410 e. The molecule has 0 unspecified atom stereocenters. The summed E-state index contributed by atoms with van der Waals surface area (Å²) in [6.45, 7) is 14.0. The standard InChI is InChI=1S/C30H45N9O4/c1-8-10-23(9-2)42-28-34-25(31)27-33-18-22(39(27)35-28)16-21-15-20(3)26(32-17-21)38-13-11-37(12-14-38)24(40)19-36(7)29(41)43-30(4,5)6/h15,17-18,23H,8-14,16,19H2,1-7H3,(H2,31,34,35)/t23-/m0/s1. The summed E-state index contributed by atoms with van der Waals surface area (Å²) in [5.41, 5.74) is 8.99. The monoisotopic (exact) mass is 595 g/mol. The smallest absolute Gasteiger partial charge is 0.410 e. The first-order valence-corrected chi connectivity index (χ1v) is 15.0. The first-order chi connectivity index (χ1) is 20.4. The fourth-order valence-corrected chi connectivity index (χ4v) is 5.05. The minimum absolute atomic E-state index is 0.0215. The molecule has 0 radical (unpaired) electrons. The summed E-state index contributed by atoms with van der Waals surface area (Å²) >= 11 is 0. The molecule has 3 aromatic heterocycles. The van der Waals surface area contributed by atoms with E-state index in [-0.39, 0.29) is 30.4 Å². The van der Waals surface area contributed by atoms with Crippen molar-refractivity contribution in [1.29, 1.82) is 0 Å². The van der Waals surface area contributed by atoms with E-state index in [0.29, 0.717) is 38.2 Å². The molecule has 0 bridgehead atoms. The van der Waals surface area contributed by atoms with Crippen LogP contribution in [0.1, 0.15) is 70.7 Å². The Hall–Kier alpha value is -4.16. The lowest BCUT2D eigenvalue weighted by atomic mass is 10.1. The predicted octanol–water partition coefficient (Wildman–Crippen LogP) is 3.47. The quantitative estimate of drug-likeness (QED) is 0.370. The number of hydrogen-bond acceptors (Lipinski definition) is 10. The maximum absolute atomic E-state index is 12.8. The number of hydrogen-bond donors (Lipinski definition) is 1. The molecular weight excluding hydrogens is 550 g/mol. The van der Waals surface area contributed by atoms with Gasteiger partial charge < -0.3 is 29.9 Å². The Labute approximate surface area is 253 Å². The Morgan fingerprint density at radius 3 is 2.47 bits per heavy atom. The molecule has 0 saturated carbocycles. The van der Waals surface area contributed by atoms with Gasteiger partial charge in [0, 0.05) is 45.8 Å². The Morgan fingerprint density at radius 1 is 1.12 bits per heavy atom. The lowest BCUT2D eigenvalue weighted by molar-refractivity contribution is -0.132. The fourth-order valence-electron chi connectivity index (χ4n) is 5.05. The molecular formula is C30H45N9O4. The van der Waals surface area contributed by atoms with Crippen LogP contribution in [-0.4, -0.2) is 97.8 Å². The first kappa shape index (κ1) is 31.8. The van der Waals surface area contributed by atoms with Gasteiger partial charge in [-0.2, -0.15) is 4.98 Å². The van der Waals surface area contributed by atoms with Crippen LogP contribution in [0.2, 0.25) is 0 Å². The number of aromatic nitrogens is 5. The molecule has 4 heterocycles. The normalized spacial score (nSPS) is 14.6. The second-order valence-corrected chi connectivity index (χ2v) is 12.1. The van der Waals surface area contributed by atoms with Crippen LogP contribution in [-0.2, 0) is 16.0 Å². The number of imidazole rings is 1. The van der Waals surface area contributed by atoms with Gasteiger partial charge >= 0.3 is 12.1 Å². The van der Waals surface area contributed by atoms with Crippen molar-refractivity contribution < 1.29 is 19.1 Å². The number of nitrogen functional groups attached to an aromatic ring is 1. The van der Waals surface area contributed by atoms with Gasteiger partial charge in [-0.25, -0.2) is 19.3 Å². The van der Waals surface area contributed by atoms with Crippen molar-refractivity contribution in [2.45, 2.75) is 78.9 Å². The van der Waals surface area contributed by atoms with Crippen LogP contribution in [0.5, 0.6) is 6.01 Å². The molecule has 0 aliphatic carbocycles. The second-order valence-electron chi connectivity index (χ2n) is 12.1. The largest absolute Gasteiger partial charge is 0.459 e. The molecule has 13 heteroatoms. The van der Waals surface area contributed by atoms with Crippen molar-refractivity contribution in [2.24, 2.45) is 0 Å². The van der Waals surface area contributed by atoms with Crippen molar-refractivity contribution in [2.75, 3.05) is 50.4 Å². The minimum atomic E-state index is -0.611. The molecule has 2 amide bonds. The minimum Gasteiger partial charge on any atom is -0.459 e. The van der Waals surface area contributed by atoms with Gasteiger partial charge in [0.15, 0.2) is 11.5 Å². The van der Waals surface area contributed by atoms with E-state index in [9.17, 15) is 9.59 Å². The molecule has 2 N–H and O–H groups in total. The zero-order valence-electron chi connectivity index (χ0n) is 26.5. The average molecular weight is 596 g/mol. The molecule has 1 aliphatic heterocycles. The topological polar surface area (TPSA) is 144 Å². The van der Waals surface area contributed by atoms with Crippen LogP contribution in [0.15, 0.2) is 18.5 Å². The number of nitrogens with two attached hydrogens (primary N) is 1. The molecule has 13 nitrogen and oxygen atoms in total. The first-order valence-electron chi connectivity index (χ1n) is 15.0. The Kier molecular flexibility index (Phi) is 9.92. The summed E-state index contributed by atoms with van der Waals surface area (Å²) < 4.78 is 13.1. The van der Waals surface area contributed by atoms with Crippen molar-refractivity contribution in [3.05, 3.63) is 35.3 Å². The van der Waals surface area contributed by atoms with Crippen molar-refractivity contribution >= 4 is 29.3 Å². The second kappa shape index (κ2) is 13.4. The Balaban J connectivity index is 1.38. The highest BCUT2D eigenvalue weighted by Crippen LogP contribution is 2.23. The third-order valence-corrected chi connectivity index (χ3v) is 7.28. The molecule has 1 saturated heterocycles. The number of nitrogens with zero attached hydrogens (tertiary/aromatic N) is 8. The average Bonchev–Trinajstić information content (AvgIpc) is 3.35. The molecule has 0 aromatic carbocycles. The van der Waals surface area contributed by atoms with Crippen molar-refractivity contribution in [1.82, 2.24) is 34.4 Å². The number of likely N-dealkylation sites (N-methyl/N-ethyl adjacent to an activating group) is 1. The highest BCUT2D eigenvalue weighted by Gasteiger charge is 2.26. The molecule has 1 atom stereocenters. The fraction of sp³-hybridized carbons (Fsp3) is 0.600. The van der Waals surface area contributed by atoms with Crippen LogP contribution in [0.3, 0.4) is 0 Å². The zero-order valence-corrected chi connectivity index (χ0v) is 26.5. The predicted molar refractivity (Wildman–Crippen MR) is 164 cm³/mol. The molecule has 4 rings (SSSR count). The van der Waals surface area contributed by atoms with Gasteiger partial charge in [0.25, 0.3) is 0 Å². The van der Waals surface area contributed by atoms with Crippen LogP contribution in [0.25, 0.3) is 5.65 Å². The summed E-state index contributed by atoms with van der Waals surface area (Å²) in [5.74, 6) is 1.07. The van der Waals surface area contributed by atoms with Gasteiger partial charge in [-0.3, -0.25) is 4.79 Å². The number of anilines is 2. The van der Waals surface area contributed by atoms with E-state index in [1.807, 2.05) is 13.1 Å². The van der Waals surface area contributed by atoms with Crippen LogP contribution in [0.4, 0.5) is 16.4 Å². The Morgan fingerprint density at radius 2 is 1.84 bits per heavy atom. The van der Waals surface area contributed by atoms with Crippen LogP contribution < -0.4 is 15.4 Å². The molecule has 0 spiro atoms. The van der Waals surface area contributed by atoms with E-state index < -0.39 is 11.7 Å². The number of fused-ring (bicyclic) bond motifs is 1. The summed E-state index contributed by atoms with van der Waals surface area (Å²) in [5, 5.41) is 4.59. The lowest BCUT2D eigenvalue weighted by Crippen LogP contribution is -2.52. The van der Waals surface area contributed by atoms with E-state index >= 15 is 0 Å². The number of aryl methyl sites for hydroxylation is 1. The van der Waals surface area contributed by atoms with Gasteiger partial charge in [-0.15, -0.1) is 5.10 Å². The third-order valence-electron chi connectivity index (χ3n) is 7.28. The molecule has 3 aromatic rings. The van der Waals surface area contributed by atoms with Gasteiger partial charge in [0.05, 0.1) is 11.9 Å². The summed E-state index contributed by atoms with van der Waals surface area (Å²) in [6.07, 6.45) is 6.50. The molecule has 43 heavy (non-hydrogen) atoms. The van der Waals surface area contributed by atoms with E-state index in [4.69, 9.17) is 20.2 Å². The van der Waals surface area contributed by atoms with Gasteiger partial charge in [0.2, 0.25) is 5.91 Å². The number of rotatable bonds is 10. The highest BCUT2D eigenvalue weighted by molar-refractivity contribution is 5.82. The lowest BCUT2D eigenvalue weighted by Gasteiger charge is -2.36. The van der Waals surface area contributed by atoms with Crippen molar-refractivity contribution in [3.8, 4) is 6.01 Å². The molecule has 1 aliphatic rings. The van der Waals surface area contributed by atoms with E-state index in [1.54, 1.807) is 43.4 Å². The number of carbonyl (C=O) groups is 2. The maximum atomic E-state index is 12.8. The van der Waals surface area contributed by atoms with Crippen molar-refractivity contribution in [3.63, 3.8) is 0 Å². The molecule has 1 fully saturated rings. The molecule has 234 valence electrons. The SMILES string of the molecule is CCC[C@H](CC)Oc1nc(N)c2ncc(Cc3cnc(N4CCN(C(=O)CN(C)C(=O)OC(C)(C)C)CC4)c(C)c3)n2n1. The Bertz CT molecular complexity index is 1430. The number of piperazine rings is 1. The van der Waals surface area contributed by atoms with Gasteiger partial charge in [0.1, 0.15) is 24.1 Å². The van der Waals surface area contributed by atoms with Crippen LogP contribution in [0, 0.1) is 6.92 Å². The number of carbonyl (C=O) groups excluding carboxylic acids is 2. The van der Waals surface area contributed by atoms with E-state index in [1.165, 1.54) is 4.90 Å². The number of ether oxygens (including phenoxy) is 2. The number of amides is 2. The summed E-state index contributed by atoms with van der Waals surface area (Å²) in [7, 11) is 1.58. The van der Waals surface area contributed by atoms with Crippen LogP contribution >= 0.6 is 0 Å². The summed E-state index contributed by atoms with van der Waals surface area (Å²) in [6, 6.07) is 2.37. The van der Waals surface area contributed by atoms with E-state index in [2.05, 4.69) is 39.9 Å². The summed E-state index contributed by atoms with van der Waals surface area (Å²) in [4.78, 5) is 43.9. The zero-order chi connectivity index (χ0) is 31.3. The van der Waals surface area contributed by atoms with Gasteiger partial charge in [-0.05, 0) is 51.7 Å². The van der Waals surface area contributed by atoms with E-state index in [0.717, 1.165) is 41.9 Å². The highest BCUT2D eigenvalue weighted by atomic mass is 16.6.